The maximum atomic E-state index is 8.96. The van der Waals surface area contributed by atoms with Crippen molar-refractivity contribution in [2.75, 3.05) is 0 Å². The van der Waals surface area contributed by atoms with Crippen molar-refractivity contribution < 1.29 is 5.11 Å². The summed E-state index contributed by atoms with van der Waals surface area (Å²) < 4.78 is 2.60. The highest BCUT2D eigenvalue weighted by atomic mass is 127. The first kappa shape index (κ1) is 10.5. The second-order valence-electron chi connectivity index (χ2n) is 3.00. The van der Waals surface area contributed by atoms with Crippen LogP contribution >= 0.6 is 22.6 Å². The van der Waals surface area contributed by atoms with Crippen LogP contribution in [-0.4, -0.2) is 25.1 Å². The maximum Gasteiger partial charge on any atom is 0.125 e. The van der Waals surface area contributed by atoms with Gasteiger partial charge in [0.25, 0.3) is 0 Å². The Labute approximate surface area is 100 Å². The lowest BCUT2D eigenvalue weighted by Crippen LogP contribution is -2.04. The summed E-state index contributed by atoms with van der Waals surface area (Å²) >= 11 is 2.12. The fourth-order valence-corrected chi connectivity index (χ4v) is 1.75. The minimum atomic E-state index is -0.0781. The lowest BCUT2D eigenvalue weighted by molar-refractivity contribution is 0.275. The Morgan fingerprint density at radius 3 is 2.93 bits per heavy atom. The number of nitrogens with zero attached hydrogens (tertiary/aromatic N) is 4. The summed E-state index contributed by atoms with van der Waals surface area (Å²) in [6, 6.07) is 3.86. The molecule has 0 aliphatic rings. The molecule has 0 aromatic carbocycles. The second-order valence-corrected chi connectivity index (χ2v) is 4.03. The molecule has 2 rings (SSSR count). The maximum absolute atomic E-state index is 8.96. The van der Waals surface area contributed by atoms with Gasteiger partial charge in [-0.3, -0.25) is 4.98 Å². The summed E-state index contributed by atoms with van der Waals surface area (Å²) in [5.74, 6) is 0. The lowest BCUT2D eigenvalue weighted by Gasteiger charge is -2.01. The van der Waals surface area contributed by atoms with Crippen LogP contribution in [0.3, 0.4) is 0 Å². The summed E-state index contributed by atoms with van der Waals surface area (Å²) in [7, 11) is 0. The molecule has 0 bridgehead atoms. The van der Waals surface area contributed by atoms with E-state index in [1.54, 1.807) is 17.1 Å². The van der Waals surface area contributed by atoms with E-state index in [2.05, 4.69) is 37.9 Å². The first-order valence-corrected chi connectivity index (χ1v) is 5.46. The quantitative estimate of drug-likeness (QED) is 0.852. The van der Waals surface area contributed by atoms with Gasteiger partial charge in [-0.25, -0.2) is 4.68 Å². The first-order chi connectivity index (χ1) is 7.31. The molecule has 6 heteroatoms. The van der Waals surface area contributed by atoms with Gasteiger partial charge >= 0.3 is 0 Å². The predicted molar refractivity (Wildman–Crippen MR) is 62.0 cm³/mol. The molecule has 0 atom stereocenters. The standard InChI is InChI=1S/C9H9IN4O/c10-9-8(6-15)12-13-14(9)5-7-2-1-3-11-4-7/h1-4,15H,5-6H2. The predicted octanol–water partition coefficient (Wildman–Crippen LogP) is 0.818. The number of pyridine rings is 1. The Morgan fingerprint density at radius 1 is 1.47 bits per heavy atom. The van der Waals surface area contributed by atoms with E-state index < -0.39 is 0 Å². The molecule has 2 aromatic rings. The van der Waals surface area contributed by atoms with Crippen molar-refractivity contribution in [3.63, 3.8) is 0 Å². The number of rotatable bonds is 3. The van der Waals surface area contributed by atoms with E-state index in [1.165, 1.54) is 0 Å². The van der Waals surface area contributed by atoms with Crippen molar-refractivity contribution in [3.05, 3.63) is 39.5 Å². The SMILES string of the molecule is OCc1nnn(Cc2cccnc2)c1I. The average Bonchev–Trinajstić information content (AvgIpc) is 2.62. The molecule has 15 heavy (non-hydrogen) atoms. The summed E-state index contributed by atoms with van der Waals surface area (Å²) in [5.41, 5.74) is 1.67. The zero-order valence-corrected chi connectivity index (χ0v) is 10.00. The Bertz CT molecular complexity index is 443. The van der Waals surface area contributed by atoms with Crippen LogP contribution in [0.25, 0.3) is 0 Å². The third kappa shape index (κ3) is 2.32. The second kappa shape index (κ2) is 4.67. The van der Waals surface area contributed by atoms with Crippen LogP contribution in [0.5, 0.6) is 0 Å². The third-order valence-electron chi connectivity index (χ3n) is 1.94. The number of halogens is 1. The highest BCUT2D eigenvalue weighted by Gasteiger charge is 2.08. The molecule has 0 saturated carbocycles. The molecule has 2 aromatic heterocycles. The summed E-state index contributed by atoms with van der Waals surface area (Å²) in [5, 5.41) is 16.8. The van der Waals surface area contributed by atoms with E-state index in [9.17, 15) is 0 Å². The molecular weight excluding hydrogens is 307 g/mol. The Balaban J connectivity index is 2.21. The smallest absolute Gasteiger partial charge is 0.125 e. The van der Waals surface area contributed by atoms with Gasteiger partial charge in [0.15, 0.2) is 0 Å². The molecule has 0 aliphatic carbocycles. The zero-order chi connectivity index (χ0) is 10.7. The van der Waals surface area contributed by atoms with Crippen molar-refractivity contribution in [2.45, 2.75) is 13.2 Å². The number of hydrogen-bond donors (Lipinski definition) is 1. The van der Waals surface area contributed by atoms with Crippen molar-refractivity contribution in [1.29, 1.82) is 0 Å². The van der Waals surface area contributed by atoms with Gasteiger partial charge in [0.1, 0.15) is 9.39 Å². The van der Waals surface area contributed by atoms with Crippen LogP contribution in [-0.2, 0) is 13.2 Å². The molecule has 0 fully saturated rings. The number of aromatic nitrogens is 4. The van der Waals surface area contributed by atoms with E-state index in [1.807, 2.05) is 12.1 Å². The highest BCUT2D eigenvalue weighted by Crippen LogP contribution is 2.10. The molecule has 2 heterocycles. The molecule has 78 valence electrons. The van der Waals surface area contributed by atoms with Crippen LogP contribution < -0.4 is 0 Å². The van der Waals surface area contributed by atoms with Crippen molar-refractivity contribution >= 4 is 22.6 Å². The monoisotopic (exact) mass is 316 g/mol. The summed E-state index contributed by atoms with van der Waals surface area (Å²) in [6.07, 6.45) is 3.52. The first-order valence-electron chi connectivity index (χ1n) is 4.39. The fourth-order valence-electron chi connectivity index (χ4n) is 1.20. The van der Waals surface area contributed by atoms with Crippen LogP contribution in [0.4, 0.5) is 0 Å². The average molecular weight is 316 g/mol. The molecule has 0 aliphatic heterocycles. The van der Waals surface area contributed by atoms with Gasteiger partial charge in [-0.1, -0.05) is 11.3 Å². The van der Waals surface area contributed by atoms with Gasteiger partial charge in [0.05, 0.1) is 13.2 Å². The van der Waals surface area contributed by atoms with Crippen molar-refractivity contribution in [2.24, 2.45) is 0 Å². The normalized spacial score (nSPS) is 10.5. The van der Waals surface area contributed by atoms with Gasteiger partial charge in [-0.15, -0.1) is 5.10 Å². The molecule has 0 radical (unpaired) electrons. The van der Waals surface area contributed by atoms with Crippen LogP contribution in [0.1, 0.15) is 11.3 Å². The third-order valence-corrected chi connectivity index (χ3v) is 3.12. The van der Waals surface area contributed by atoms with Gasteiger partial charge in [0, 0.05) is 12.4 Å². The van der Waals surface area contributed by atoms with E-state index in [0.29, 0.717) is 12.2 Å². The lowest BCUT2D eigenvalue weighted by atomic mass is 10.3. The number of aliphatic hydroxyl groups is 1. The Morgan fingerprint density at radius 2 is 2.33 bits per heavy atom. The number of aliphatic hydroxyl groups excluding tert-OH is 1. The molecule has 0 saturated heterocycles. The topological polar surface area (TPSA) is 63.8 Å². The van der Waals surface area contributed by atoms with Crippen LogP contribution in [0, 0.1) is 3.70 Å². The molecule has 5 nitrogen and oxygen atoms in total. The minimum Gasteiger partial charge on any atom is -0.390 e. The molecule has 1 N–H and O–H groups in total. The van der Waals surface area contributed by atoms with Crippen LogP contribution in [0.2, 0.25) is 0 Å². The van der Waals surface area contributed by atoms with E-state index in [4.69, 9.17) is 5.11 Å². The Kier molecular flexibility index (Phi) is 3.27. The largest absolute Gasteiger partial charge is 0.390 e. The van der Waals surface area contributed by atoms with Gasteiger partial charge in [-0.05, 0) is 34.2 Å². The van der Waals surface area contributed by atoms with Gasteiger partial charge < -0.3 is 5.11 Å². The molecule has 0 unspecified atom stereocenters. The molecule has 0 spiro atoms. The van der Waals surface area contributed by atoms with Gasteiger partial charge in [0.2, 0.25) is 0 Å². The number of hydrogen-bond acceptors (Lipinski definition) is 4. The van der Waals surface area contributed by atoms with Crippen LogP contribution in [0.15, 0.2) is 24.5 Å². The summed E-state index contributed by atoms with van der Waals surface area (Å²) in [4.78, 5) is 4.02. The van der Waals surface area contributed by atoms with Crippen molar-refractivity contribution in [1.82, 2.24) is 20.0 Å². The zero-order valence-electron chi connectivity index (χ0n) is 7.84. The Hall–Kier alpha value is -1.02. The van der Waals surface area contributed by atoms with E-state index in [-0.39, 0.29) is 6.61 Å². The summed E-state index contributed by atoms with van der Waals surface area (Å²) in [6.45, 7) is 0.546. The van der Waals surface area contributed by atoms with E-state index >= 15 is 0 Å². The molecule has 0 amide bonds. The highest BCUT2D eigenvalue weighted by molar-refractivity contribution is 14.1. The fraction of sp³-hybridized carbons (Fsp3) is 0.222. The van der Waals surface area contributed by atoms with Gasteiger partial charge in [-0.2, -0.15) is 0 Å². The van der Waals surface area contributed by atoms with Crippen molar-refractivity contribution in [3.8, 4) is 0 Å². The molecular formula is C9H9IN4O. The minimum absolute atomic E-state index is 0.0781. The van der Waals surface area contributed by atoms with E-state index in [0.717, 1.165) is 9.26 Å².